The van der Waals surface area contributed by atoms with Crippen molar-refractivity contribution in [1.29, 1.82) is 0 Å². The van der Waals surface area contributed by atoms with E-state index in [1.165, 1.54) is 18.2 Å². The van der Waals surface area contributed by atoms with Crippen LogP contribution in [0, 0.1) is 5.82 Å². The molecule has 7 heteroatoms. The number of hydrogen-bond acceptors (Lipinski definition) is 3. The number of rotatable bonds is 7. The lowest BCUT2D eigenvalue weighted by Crippen LogP contribution is -2.05. The molecule has 0 amide bonds. The first-order chi connectivity index (χ1) is 13.4. The molecule has 4 nitrogen and oxygen atoms in total. The summed E-state index contributed by atoms with van der Waals surface area (Å²) in [6.45, 7) is 0.644. The number of hydrogen-bond donors (Lipinski definition) is 2. The van der Waals surface area contributed by atoms with Crippen molar-refractivity contribution >= 4 is 34.9 Å². The van der Waals surface area contributed by atoms with Crippen LogP contribution in [0.5, 0.6) is 5.75 Å². The van der Waals surface area contributed by atoms with Crippen molar-refractivity contribution in [2.45, 2.75) is 13.2 Å². The van der Waals surface area contributed by atoms with Gasteiger partial charge in [0.15, 0.2) is 0 Å². The minimum absolute atomic E-state index is 0.0483. The van der Waals surface area contributed by atoms with Gasteiger partial charge in [-0.1, -0.05) is 47.5 Å². The number of halogens is 3. The van der Waals surface area contributed by atoms with Crippen LogP contribution in [0.15, 0.2) is 60.7 Å². The van der Waals surface area contributed by atoms with Gasteiger partial charge in [0, 0.05) is 23.4 Å². The van der Waals surface area contributed by atoms with E-state index in [9.17, 15) is 9.18 Å². The Labute approximate surface area is 171 Å². The van der Waals surface area contributed by atoms with Gasteiger partial charge in [0.2, 0.25) is 0 Å². The van der Waals surface area contributed by atoms with Gasteiger partial charge in [-0.25, -0.2) is 9.18 Å². The van der Waals surface area contributed by atoms with Crippen LogP contribution in [-0.2, 0) is 13.2 Å². The molecule has 0 saturated carbocycles. The first-order valence-electron chi connectivity index (χ1n) is 8.35. The second-order valence-electron chi connectivity index (χ2n) is 5.99. The zero-order valence-corrected chi connectivity index (χ0v) is 16.1. The van der Waals surface area contributed by atoms with Crippen LogP contribution < -0.4 is 10.1 Å². The Morgan fingerprint density at radius 2 is 1.79 bits per heavy atom. The maximum atomic E-state index is 13.2. The molecular weight excluding hydrogens is 404 g/mol. The molecule has 0 spiro atoms. The van der Waals surface area contributed by atoms with Gasteiger partial charge in [-0.3, -0.25) is 0 Å². The van der Waals surface area contributed by atoms with Gasteiger partial charge in [0.25, 0.3) is 0 Å². The monoisotopic (exact) mass is 419 g/mol. The van der Waals surface area contributed by atoms with Gasteiger partial charge >= 0.3 is 5.97 Å². The van der Waals surface area contributed by atoms with Gasteiger partial charge in [0.05, 0.1) is 15.6 Å². The minimum atomic E-state index is -1.07. The first-order valence-corrected chi connectivity index (χ1v) is 9.11. The van der Waals surface area contributed by atoms with Gasteiger partial charge in [-0.05, 0) is 36.4 Å². The maximum Gasteiger partial charge on any atom is 0.337 e. The lowest BCUT2D eigenvalue weighted by atomic mass is 10.1. The molecule has 0 unspecified atom stereocenters. The molecule has 0 radical (unpaired) electrons. The zero-order chi connectivity index (χ0) is 20.1. The zero-order valence-electron chi connectivity index (χ0n) is 14.6. The highest BCUT2D eigenvalue weighted by Crippen LogP contribution is 2.25. The number of carboxylic acids is 1. The predicted molar refractivity (Wildman–Crippen MR) is 108 cm³/mol. The van der Waals surface area contributed by atoms with Crippen molar-refractivity contribution in [2.24, 2.45) is 0 Å². The summed E-state index contributed by atoms with van der Waals surface area (Å²) in [5.74, 6) is -0.815. The molecule has 0 aliphatic heterocycles. The fourth-order valence-electron chi connectivity index (χ4n) is 2.58. The van der Waals surface area contributed by atoms with Gasteiger partial charge < -0.3 is 15.2 Å². The SMILES string of the molecule is O=C(O)c1ccc(NCc2ccccc2OCc2ccc(F)cc2Cl)cc1Cl. The van der Waals surface area contributed by atoms with Crippen molar-refractivity contribution in [2.75, 3.05) is 5.32 Å². The molecular formula is C21H16Cl2FNO3. The maximum absolute atomic E-state index is 13.2. The third-order valence-electron chi connectivity index (χ3n) is 4.05. The van der Waals surface area contributed by atoms with Gasteiger partial charge in [0.1, 0.15) is 18.2 Å². The molecule has 0 heterocycles. The molecule has 3 aromatic rings. The fraction of sp³-hybridized carbons (Fsp3) is 0.0952. The number of ether oxygens (including phenoxy) is 1. The van der Waals surface area contributed by atoms with E-state index in [0.717, 1.165) is 5.56 Å². The van der Waals surface area contributed by atoms with Crippen molar-refractivity contribution < 1.29 is 19.0 Å². The summed E-state index contributed by atoms with van der Waals surface area (Å²) < 4.78 is 19.0. The number of anilines is 1. The third kappa shape index (κ3) is 4.94. The Bertz CT molecular complexity index is 1010. The van der Waals surface area contributed by atoms with Crippen LogP contribution in [0.1, 0.15) is 21.5 Å². The smallest absolute Gasteiger partial charge is 0.337 e. The topological polar surface area (TPSA) is 58.6 Å². The summed E-state index contributed by atoms with van der Waals surface area (Å²) in [7, 11) is 0. The Morgan fingerprint density at radius 3 is 2.50 bits per heavy atom. The van der Waals surface area contributed by atoms with E-state index < -0.39 is 11.8 Å². The van der Waals surface area contributed by atoms with Crippen molar-refractivity contribution in [3.05, 3.63) is 93.2 Å². The third-order valence-corrected chi connectivity index (χ3v) is 4.72. The van der Waals surface area contributed by atoms with Crippen LogP contribution in [-0.4, -0.2) is 11.1 Å². The summed E-state index contributed by atoms with van der Waals surface area (Å²) >= 11 is 12.0. The Kier molecular flexibility index (Phi) is 6.39. The van der Waals surface area contributed by atoms with Crippen molar-refractivity contribution in [3.63, 3.8) is 0 Å². The number of nitrogens with one attached hydrogen (secondary N) is 1. The molecule has 0 aliphatic carbocycles. The molecule has 3 rings (SSSR count). The summed E-state index contributed by atoms with van der Waals surface area (Å²) in [6.07, 6.45) is 0. The molecule has 0 atom stereocenters. The van der Waals surface area contributed by atoms with Crippen molar-refractivity contribution in [1.82, 2.24) is 0 Å². The average molecular weight is 420 g/mol. The van der Waals surface area contributed by atoms with Gasteiger partial charge in [-0.15, -0.1) is 0 Å². The van der Waals surface area contributed by atoms with Crippen LogP contribution in [0.4, 0.5) is 10.1 Å². The molecule has 0 aromatic heterocycles. The number of benzene rings is 3. The molecule has 0 fully saturated rings. The Balaban J connectivity index is 1.68. The summed E-state index contributed by atoms with van der Waals surface area (Å²) in [5.41, 5.74) is 2.31. The van der Waals surface area contributed by atoms with E-state index in [0.29, 0.717) is 28.6 Å². The summed E-state index contributed by atoms with van der Waals surface area (Å²) in [5, 5.41) is 12.7. The molecule has 2 N–H and O–H groups in total. The molecule has 144 valence electrons. The van der Waals surface area contributed by atoms with E-state index in [4.69, 9.17) is 33.0 Å². The lowest BCUT2D eigenvalue weighted by Gasteiger charge is -2.14. The number of aromatic carboxylic acids is 1. The highest BCUT2D eigenvalue weighted by Gasteiger charge is 2.10. The Morgan fingerprint density at radius 1 is 1.00 bits per heavy atom. The minimum Gasteiger partial charge on any atom is -0.488 e. The second kappa shape index (κ2) is 8.95. The molecule has 0 saturated heterocycles. The van der Waals surface area contributed by atoms with E-state index >= 15 is 0 Å². The highest BCUT2D eigenvalue weighted by molar-refractivity contribution is 6.33. The van der Waals surface area contributed by atoms with Crippen LogP contribution in [0.3, 0.4) is 0 Å². The molecule has 0 aliphatic rings. The quantitative estimate of drug-likeness (QED) is 0.491. The largest absolute Gasteiger partial charge is 0.488 e. The average Bonchev–Trinajstić information content (AvgIpc) is 2.66. The van der Waals surface area contributed by atoms with E-state index in [1.807, 2.05) is 24.3 Å². The van der Waals surface area contributed by atoms with E-state index in [1.54, 1.807) is 18.2 Å². The second-order valence-corrected chi connectivity index (χ2v) is 6.80. The first kappa shape index (κ1) is 20.0. The lowest BCUT2D eigenvalue weighted by molar-refractivity contribution is 0.0697. The van der Waals surface area contributed by atoms with Crippen LogP contribution in [0.2, 0.25) is 10.0 Å². The van der Waals surface area contributed by atoms with E-state index in [2.05, 4.69) is 5.32 Å². The van der Waals surface area contributed by atoms with E-state index in [-0.39, 0.29) is 17.2 Å². The number of carboxylic acid groups (broad SMARTS) is 1. The van der Waals surface area contributed by atoms with Crippen molar-refractivity contribution in [3.8, 4) is 5.75 Å². The van der Waals surface area contributed by atoms with Crippen LogP contribution >= 0.6 is 23.2 Å². The highest BCUT2D eigenvalue weighted by atomic mass is 35.5. The summed E-state index contributed by atoms with van der Waals surface area (Å²) in [6, 6.07) is 16.3. The predicted octanol–water partition coefficient (Wildman–Crippen LogP) is 6.02. The molecule has 3 aromatic carbocycles. The van der Waals surface area contributed by atoms with Crippen LogP contribution in [0.25, 0.3) is 0 Å². The molecule has 28 heavy (non-hydrogen) atoms. The standard InChI is InChI=1S/C21H16Cl2FNO3/c22-18-9-15(24)6-5-14(18)12-28-20-4-2-1-3-13(20)11-25-16-7-8-17(21(26)27)19(23)10-16/h1-10,25H,11-12H2,(H,26,27). The fourth-order valence-corrected chi connectivity index (χ4v) is 3.06. The van der Waals surface area contributed by atoms with Gasteiger partial charge in [-0.2, -0.15) is 0 Å². The summed E-state index contributed by atoms with van der Waals surface area (Å²) in [4.78, 5) is 11.0. The Hall–Kier alpha value is -2.76. The number of para-hydroxylation sites is 1. The molecule has 0 bridgehead atoms. The normalized spacial score (nSPS) is 10.5. The number of carbonyl (C=O) groups is 1.